The molecule has 1 aliphatic rings. The van der Waals surface area contributed by atoms with E-state index in [0.29, 0.717) is 31.1 Å². The zero-order valence-electron chi connectivity index (χ0n) is 17.4. The zero-order valence-corrected chi connectivity index (χ0v) is 19.1. The van der Waals surface area contributed by atoms with Crippen LogP contribution in [0.3, 0.4) is 0 Å². The SMILES string of the molecule is CCOc1ccc2nc(NC(=O)C3CCN(S(=O)(=O)c4cn(CC)cn4)CC3)sc2c1. The maximum Gasteiger partial charge on any atom is 0.262 e. The molecule has 1 N–H and O–H groups in total. The fourth-order valence-electron chi connectivity index (χ4n) is 3.56. The number of aromatic nitrogens is 3. The molecule has 1 amide bonds. The number of ether oxygens (including phenoxy) is 1. The molecule has 11 heteroatoms. The van der Waals surface area contributed by atoms with Crippen molar-refractivity contribution in [3.63, 3.8) is 0 Å². The topological polar surface area (TPSA) is 106 Å². The van der Waals surface area contributed by atoms with Crippen molar-refractivity contribution in [2.45, 2.75) is 38.3 Å². The van der Waals surface area contributed by atoms with Gasteiger partial charge in [0.2, 0.25) is 5.91 Å². The highest BCUT2D eigenvalue weighted by molar-refractivity contribution is 7.89. The Balaban J connectivity index is 1.37. The number of nitrogens with zero attached hydrogens (tertiary/aromatic N) is 4. The molecule has 4 rings (SSSR count). The second-order valence-electron chi connectivity index (χ2n) is 7.29. The molecular weight excluding hydrogens is 438 g/mol. The van der Waals surface area contributed by atoms with Gasteiger partial charge in [-0.1, -0.05) is 11.3 Å². The summed E-state index contributed by atoms with van der Waals surface area (Å²) in [6.07, 6.45) is 3.97. The lowest BCUT2D eigenvalue weighted by Crippen LogP contribution is -2.41. The number of carbonyl (C=O) groups is 1. The van der Waals surface area contributed by atoms with E-state index >= 15 is 0 Å². The van der Waals surface area contributed by atoms with E-state index in [1.165, 1.54) is 28.2 Å². The number of anilines is 1. The molecule has 0 atom stereocenters. The number of hydrogen-bond acceptors (Lipinski definition) is 7. The Morgan fingerprint density at radius 3 is 2.74 bits per heavy atom. The molecule has 3 heterocycles. The quantitative estimate of drug-likeness (QED) is 0.577. The predicted octanol–water partition coefficient (Wildman–Crippen LogP) is 2.95. The van der Waals surface area contributed by atoms with E-state index in [1.54, 1.807) is 4.57 Å². The van der Waals surface area contributed by atoms with Crippen LogP contribution in [-0.2, 0) is 21.4 Å². The standard InChI is InChI=1S/C20H25N5O4S2/c1-3-24-12-18(21-13-24)31(27,28)25-9-7-14(8-10-25)19(26)23-20-22-16-6-5-15(29-4-2)11-17(16)30-20/h5-6,11-14H,3-4,7-10H2,1-2H3,(H,22,23,26). The summed E-state index contributed by atoms with van der Waals surface area (Å²) in [5.74, 6) is 0.385. The summed E-state index contributed by atoms with van der Waals surface area (Å²) < 4.78 is 35.2. The van der Waals surface area contributed by atoms with Gasteiger partial charge in [-0.2, -0.15) is 4.31 Å². The Morgan fingerprint density at radius 2 is 2.06 bits per heavy atom. The normalized spacial score (nSPS) is 15.9. The Labute approximate surface area is 185 Å². The Bertz CT molecular complexity index is 1180. The van der Waals surface area contributed by atoms with Gasteiger partial charge in [0, 0.05) is 31.7 Å². The van der Waals surface area contributed by atoms with Gasteiger partial charge in [0.05, 0.1) is 23.2 Å². The molecule has 166 valence electrons. The third-order valence-electron chi connectivity index (χ3n) is 5.30. The number of aryl methyl sites for hydroxylation is 1. The summed E-state index contributed by atoms with van der Waals surface area (Å²) in [5, 5.41) is 3.48. The smallest absolute Gasteiger partial charge is 0.262 e. The van der Waals surface area contributed by atoms with Gasteiger partial charge < -0.3 is 14.6 Å². The number of rotatable bonds is 7. The monoisotopic (exact) mass is 463 g/mol. The van der Waals surface area contributed by atoms with Gasteiger partial charge in [0.15, 0.2) is 10.2 Å². The highest BCUT2D eigenvalue weighted by Gasteiger charge is 2.33. The lowest BCUT2D eigenvalue weighted by Gasteiger charge is -2.29. The van der Waals surface area contributed by atoms with E-state index in [0.717, 1.165) is 16.0 Å². The molecule has 1 aromatic carbocycles. The summed E-state index contributed by atoms with van der Waals surface area (Å²) in [4.78, 5) is 21.2. The molecule has 1 saturated heterocycles. The van der Waals surface area contributed by atoms with Crippen molar-refractivity contribution in [3.05, 3.63) is 30.7 Å². The maximum atomic E-state index is 12.8. The molecular formula is C20H25N5O4S2. The second-order valence-corrected chi connectivity index (χ2v) is 10.2. The van der Waals surface area contributed by atoms with Gasteiger partial charge in [0.1, 0.15) is 5.75 Å². The molecule has 0 radical (unpaired) electrons. The lowest BCUT2D eigenvalue weighted by molar-refractivity contribution is -0.120. The van der Waals surface area contributed by atoms with Gasteiger partial charge in [-0.05, 0) is 44.9 Å². The molecule has 9 nitrogen and oxygen atoms in total. The minimum absolute atomic E-state index is 0.0538. The number of imidazole rings is 1. The fourth-order valence-corrected chi connectivity index (χ4v) is 5.86. The molecule has 3 aromatic rings. The van der Waals surface area contributed by atoms with E-state index in [4.69, 9.17) is 4.74 Å². The van der Waals surface area contributed by atoms with Crippen LogP contribution in [0.1, 0.15) is 26.7 Å². The highest BCUT2D eigenvalue weighted by Crippen LogP contribution is 2.30. The highest BCUT2D eigenvalue weighted by atomic mass is 32.2. The number of amides is 1. The van der Waals surface area contributed by atoms with Gasteiger partial charge in [-0.3, -0.25) is 4.79 Å². The molecule has 0 spiro atoms. The van der Waals surface area contributed by atoms with E-state index in [2.05, 4.69) is 15.3 Å². The predicted molar refractivity (Wildman–Crippen MR) is 119 cm³/mol. The maximum absolute atomic E-state index is 12.8. The number of sulfonamides is 1. The summed E-state index contributed by atoms with van der Waals surface area (Å²) >= 11 is 1.40. The van der Waals surface area contributed by atoms with E-state index in [1.807, 2.05) is 32.0 Å². The minimum Gasteiger partial charge on any atom is -0.494 e. The summed E-state index contributed by atoms with van der Waals surface area (Å²) in [5.41, 5.74) is 0.802. The van der Waals surface area contributed by atoms with Crippen molar-refractivity contribution >= 4 is 42.6 Å². The summed E-state index contributed by atoms with van der Waals surface area (Å²) in [6.45, 7) is 5.67. The largest absolute Gasteiger partial charge is 0.494 e. The van der Waals surface area contributed by atoms with E-state index in [-0.39, 0.29) is 29.9 Å². The van der Waals surface area contributed by atoms with Crippen LogP contribution in [-0.4, -0.2) is 52.9 Å². The first-order valence-corrected chi connectivity index (χ1v) is 12.5. The van der Waals surface area contributed by atoms with Crippen molar-refractivity contribution in [2.24, 2.45) is 5.92 Å². The molecule has 31 heavy (non-hydrogen) atoms. The first-order chi connectivity index (χ1) is 14.9. The van der Waals surface area contributed by atoms with Crippen LogP contribution in [0.4, 0.5) is 5.13 Å². The average Bonchev–Trinajstić information content (AvgIpc) is 3.40. The number of fused-ring (bicyclic) bond motifs is 1. The third kappa shape index (κ3) is 4.58. The molecule has 0 unspecified atom stereocenters. The van der Waals surface area contributed by atoms with Crippen LogP contribution in [0.25, 0.3) is 10.2 Å². The van der Waals surface area contributed by atoms with Crippen LogP contribution < -0.4 is 10.1 Å². The van der Waals surface area contributed by atoms with Gasteiger partial charge in [-0.15, -0.1) is 0 Å². The van der Waals surface area contributed by atoms with Crippen LogP contribution in [0.15, 0.2) is 35.7 Å². The number of benzene rings is 1. The van der Waals surface area contributed by atoms with Crippen LogP contribution in [0.2, 0.25) is 0 Å². The van der Waals surface area contributed by atoms with Crippen molar-refractivity contribution in [3.8, 4) is 5.75 Å². The first kappa shape index (κ1) is 21.7. The number of nitrogens with one attached hydrogen (secondary N) is 1. The Hall–Kier alpha value is -2.50. The molecule has 0 bridgehead atoms. The van der Waals surface area contributed by atoms with Crippen molar-refractivity contribution in [2.75, 3.05) is 25.0 Å². The number of hydrogen-bond donors (Lipinski definition) is 1. The van der Waals surface area contributed by atoms with Crippen LogP contribution in [0.5, 0.6) is 5.75 Å². The second kappa shape index (κ2) is 8.93. The van der Waals surface area contributed by atoms with E-state index < -0.39 is 10.0 Å². The summed E-state index contributed by atoms with van der Waals surface area (Å²) in [7, 11) is -3.64. The van der Waals surface area contributed by atoms with Gasteiger partial charge in [0.25, 0.3) is 10.0 Å². The number of piperidine rings is 1. The van der Waals surface area contributed by atoms with Gasteiger partial charge >= 0.3 is 0 Å². The van der Waals surface area contributed by atoms with Crippen LogP contribution in [0, 0.1) is 5.92 Å². The molecule has 0 saturated carbocycles. The van der Waals surface area contributed by atoms with E-state index in [9.17, 15) is 13.2 Å². The average molecular weight is 464 g/mol. The van der Waals surface area contributed by atoms with Gasteiger partial charge in [-0.25, -0.2) is 18.4 Å². The van der Waals surface area contributed by atoms with Crippen molar-refractivity contribution in [1.29, 1.82) is 0 Å². The number of thiazole rings is 1. The fraction of sp³-hybridized carbons (Fsp3) is 0.450. The summed E-state index contributed by atoms with van der Waals surface area (Å²) in [6, 6.07) is 5.64. The Kier molecular flexibility index (Phi) is 6.26. The molecule has 2 aromatic heterocycles. The third-order valence-corrected chi connectivity index (χ3v) is 8.02. The Morgan fingerprint density at radius 1 is 1.29 bits per heavy atom. The first-order valence-electron chi connectivity index (χ1n) is 10.3. The van der Waals surface area contributed by atoms with Crippen molar-refractivity contribution in [1.82, 2.24) is 18.8 Å². The van der Waals surface area contributed by atoms with Crippen LogP contribution >= 0.6 is 11.3 Å². The molecule has 0 aliphatic carbocycles. The molecule has 1 fully saturated rings. The zero-order chi connectivity index (χ0) is 22.0. The molecule has 1 aliphatic heterocycles. The number of carbonyl (C=O) groups excluding carboxylic acids is 1. The van der Waals surface area contributed by atoms with Crippen molar-refractivity contribution < 1.29 is 17.9 Å². The minimum atomic E-state index is -3.64. The lowest BCUT2D eigenvalue weighted by atomic mass is 9.97.